The lowest BCUT2D eigenvalue weighted by Gasteiger charge is -2.24. The second-order valence-electron chi connectivity index (χ2n) is 4.70. The van der Waals surface area contributed by atoms with Crippen molar-refractivity contribution in [2.45, 2.75) is 38.4 Å². The molecule has 0 N–H and O–H groups in total. The Hall–Kier alpha value is -1.07. The molecule has 1 heterocycles. The molecule has 0 aliphatic carbocycles. The number of halogens is 3. The summed E-state index contributed by atoms with van der Waals surface area (Å²) in [6.45, 7) is 3.82. The molecule has 3 unspecified atom stereocenters. The van der Waals surface area contributed by atoms with Crippen molar-refractivity contribution in [2.75, 3.05) is 7.05 Å². The van der Waals surface area contributed by atoms with E-state index in [2.05, 4.69) is 0 Å². The number of likely N-dealkylation sites (N-methyl/N-ethyl adjacent to an activating group) is 1. The van der Waals surface area contributed by atoms with Crippen LogP contribution in [0.5, 0.6) is 0 Å². The number of rotatable bonds is 3. The SMILES string of the molecule is CC1OC1N(C)C(C)c1cccc(C(F)(F)F)c1. The first-order chi connectivity index (χ1) is 8.30. The summed E-state index contributed by atoms with van der Waals surface area (Å²) in [6, 6.07) is 5.34. The van der Waals surface area contributed by atoms with Crippen molar-refractivity contribution in [2.24, 2.45) is 0 Å². The first-order valence-electron chi connectivity index (χ1n) is 5.85. The Labute approximate surface area is 104 Å². The fourth-order valence-corrected chi connectivity index (χ4v) is 2.03. The molecule has 100 valence electrons. The van der Waals surface area contributed by atoms with Gasteiger partial charge in [0.05, 0.1) is 11.7 Å². The molecule has 1 aromatic rings. The fraction of sp³-hybridized carbons (Fsp3) is 0.538. The number of benzene rings is 1. The van der Waals surface area contributed by atoms with Gasteiger partial charge in [-0.1, -0.05) is 12.1 Å². The number of hydrogen-bond acceptors (Lipinski definition) is 2. The van der Waals surface area contributed by atoms with Crippen LogP contribution in [0.15, 0.2) is 24.3 Å². The highest BCUT2D eigenvalue weighted by molar-refractivity contribution is 5.27. The van der Waals surface area contributed by atoms with E-state index in [1.165, 1.54) is 12.1 Å². The first-order valence-corrected chi connectivity index (χ1v) is 5.85. The van der Waals surface area contributed by atoms with Gasteiger partial charge in [-0.05, 0) is 38.6 Å². The summed E-state index contributed by atoms with van der Waals surface area (Å²) in [4.78, 5) is 1.94. The predicted molar refractivity (Wildman–Crippen MR) is 62.0 cm³/mol. The molecule has 0 amide bonds. The highest BCUT2D eigenvalue weighted by Gasteiger charge is 2.40. The molecule has 2 rings (SSSR count). The van der Waals surface area contributed by atoms with Crippen LogP contribution in [0.3, 0.4) is 0 Å². The standard InChI is InChI=1S/C13H16F3NO/c1-8(17(3)12-9(2)18-12)10-5-4-6-11(7-10)13(14,15)16/h4-9,12H,1-3H3. The van der Waals surface area contributed by atoms with Crippen LogP contribution in [0.2, 0.25) is 0 Å². The van der Waals surface area contributed by atoms with Gasteiger partial charge < -0.3 is 4.74 Å². The van der Waals surface area contributed by atoms with Crippen LogP contribution < -0.4 is 0 Å². The number of ether oxygens (including phenoxy) is 1. The lowest BCUT2D eigenvalue weighted by atomic mass is 10.0. The minimum absolute atomic E-state index is 0.00884. The van der Waals surface area contributed by atoms with E-state index in [4.69, 9.17) is 4.74 Å². The van der Waals surface area contributed by atoms with Gasteiger partial charge in [-0.2, -0.15) is 13.2 Å². The maximum absolute atomic E-state index is 12.6. The normalized spacial score (nSPS) is 25.3. The molecule has 0 aromatic heterocycles. The van der Waals surface area contributed by atoms with E-state index < -0.39 is 11.7 Å². The monoisotopic (exact) mass is 259 g/mol. The first kappa shape index (κ1) is 13.4. The molecule has 1 saturated heterocycles. The molecule has 2 nitrogen and oxygen atoms in total. The van der Waals surface area contributed by atoms with Crippen LogP contribution in [0.4, 0.5) is 13.2 Å². The molecule has 1 aliphatic heterocycles. The van der Waals surface area contributed by atoms with E-state index in [9.17, 15) is 13.2 Å². The summed E-state index contributed by atoms with van der Waals surface area (Å²) >= 11 is 0. The van der Waals surface area contributed by atoms with Crippen molar-refractivity contribution < 1.29 is 17.9 Å². The van der Waals surface area contributed by atoms with Gasteiger partial charge in [-0.15, -0.1) is 0 Å². The average molecular weight is 259 g/mol. The Morgan fingerprint density at radius 2 is 1.94 bits per heavy atom. The van der Waals surface area contributed by atoms with E-state index in [1.807, 2.05) is 25.8 Å². The molecule has 5 heteroatoms. The zero-order valence-corrected chi connectivity index (χ0v) is 10.5. The Kier molecular flexibility index (Phi) is 3.38. The van der Waals surface area contributed by atoms with Gasteiger partial charge in [-0.3, -0.25) is 4.90 Å². The van der Waals surface area contributed by atoms with Gasteiger partial charge in [0.15, 0.2) is 0 Å². The van der Waals surface area contributed by atoms with Crippen molar-refractivity contribution in [3.8, 4) is 0 Å². The van der Waals surface area contributed by atoms with Crippen molar-refractivity contribution >= 4 is 0 Å². The molecule has 0 spiro atoms. The fourth-order valence-electron chi connectivity index (χ4n) is 2.03. The maximum atomic E-state index is 12.6. The number of hydrogen-bond donors (Lipinski definition) is 0. The molecule has 1 fully saturated rings. The smallest absolute Gasteiger partial charge is 0.353 e. The summed E-state index contributed by atoms with van der Waals surface area (Å²) in [5, 5.41) is 0. The van der Waals surface area contributed by atoms with Crippen molar-refractivity contribution in [1.82, 2.24) is 4.90 Å². The topological polar surface area (TPSA) is 15.8 Å². The Bertz CT molecular complexity index is 432. The number of nitrogens with zero attached hydrogens (tertiary/aromatic N) is 1. The predicted octanol–water partition coefficient (Wildman–Crippen LogP) is 3.44. The van der Waals surface area contributed by atoms with Crippen molar-refractivity contribution in [1.29, 1.82) is 0 Å². The Balaban J connectivity index is 2.17. The van der Waals surface area contributed by atoms with E-state index >= 15 is 0 Å². The highest BCUT2D eigenvalue weighted by atomic mass is 19.4. The van der Waals surface area contributed by atoms with Crippen LogP contribution in [-0.2, 0) is 10.9 Å². The average Bonchev–Trinajstić information content (AvgIpc) is 3.03. The van der Waals surface area contributed by atoms with E-state index in [0.29, 0.717) is 5.56 Å². The van der Waals surface area contributed by atoms with Gasteiger partial charge in [0.2, 0.25) is 0 Å². The molecule has 3 atom stereocenters. The second-order valence-corrected chi connectivity index (χ2v) is 4.70. The quantitative estimate of drug-likeness (QED) is 0.773. The number of alkyl halides is 3. The van der Waals surface area contributed by atoms with Gasteiger partial charge >= 0.3 is 6.18 Å². The third-order valence-corrected chi connectivity index (χ3v) is 3.39. The van der Waals surface area contributed by atoms with E-state index in [1.54, 1.807) is 6.07 Å². The van der Waals surface area contributed by atoms with Crippen LogP contribution in [0, 0.1) is 0 Å². The molecule has 18 heavy (non-hydrogen) atoms. The third kappa shape index (κ3) is 2.67. The van der Waals surface area contributed by atoms with Crippen molar-refractivity contribution in [3.63, 3.8) is 0 Å². The lowest BCUT2D eigenvalue weighted by Crippen LogP contribution is -2.26. The van der Waals surface area contributed by atoms with E-state index in [0.717, 1.165) is 6.07 Å². The summed E-state index contributed by atoms with van der Waals surface area (Å²) in [6.07, 6.45) is -4.13. The van der Waals surface area contributed by atoms with Crippen LogP contribution in [-0.4, -0.2) is 24.3 Å². The van der Waals surface area contributed by atoms with E-state index in [-0.39, 0.29) is 18.4 Å². The van der Waals surface area contributed by atoms with Gasteiger partial charge in [0.1, 0.15) is 6.23 Å². The lowest BCUT2D eigenvalue weighted by molar-refractivity contribution is -0.137. The van der Waals surface area contributed by atoms with Gasteiger partial charge in [-0.25, -0.2) is 0 Å². The largest absolute Gasteiger partial charge is 0.416 e. The van der Waals surface area contributed by atoms with Crippen LogP contribution in [0.1, 0.15) is 31.0 Å². The summed E-state index contributed by atoms with van der Waals surface area (Å²) in [5.41, 5.74) is 0.0417. The molecule has 1 aromatic carbocycles. The second kappa shape index (κ2) is 4.55. The summed E-state index contributed by atoms with van der Waals surface area (Å²) < 4.78 is 43.2. The highest BCUT2D eigenvalue weighted by Crippen LogP contribution is 2.34. The molecular formula is C13H16F3NO. The molecule has 0 radical (unpaired) electrons. The summed E-state index contributed by atoms with van der Waals surface area (Å²) in [7, 11) is 1.86. The number of epoxide rings is 1. The third-order valence-electron chi connectivity index (χ3n) is 3.39. The molecule has 0 saturated carbocycles. The summed E-state index contributed by atoms with van der Waals surface area (Å²) in [5.74, 6) is 0. The maximum Gasteiger partial charge on any atom is 0.416 e. The van der Waals surface area contributed by atoms with Crippen LogP contribution >= 0.6 is 0 Å². The van der Waals surface area contributed by atoms with Crippen molar-refractivity contribution in [3.05, 3.63) is 35.4 Å². The minimum atomic E-state index is -4.29. The molecular weight excluding hydrogens is 243 g/mol. The zero-order valence-electron chi connectivity index (χ0n) is 10.5. The van der Waals surface area contributed by atoms with Crippen LogP contribution in [0.25, 0.3) is 0 Å². The zero-order chi connectivity index (χ0) is 13.5. The molecule has 0 bridgehead atoms. The Morgan fingerprint density at radius 1 is 1.33 bits per heavy atom. The minimum Gasteiger partial charge on any atom is -0.353 e. The Morgan fingerprint density at radius 3 is 2.44 bits per heavy atom. The van der Waals surface area contributed by atoms with Gasteiger partial charge in [0, 0.05) is 6.04 Å². The molecule has 1 aliphatic rings. The van der Waals surface area contributed by atoms with Gasteiger partial charge in [0.25, 0.3) is 0 Å².